The molecule has 1 fully saturated rings. The number of hydrogen-bond donors (Lipinski definition) is 1. The molecule has 6 heteroatoms. The van der Waals surface area contributed by atoms with Gasteiger partial charge in [-0.25, -0.2) is 0 Å². The minimum Gasteiger partial charge on any atom is -0.481 e. The van der Waals surface area contributed by atoms with E-state index in [-0.39, 0.29) is 18.0 Å². The van der Waals surface area contributed by atoms with E-state index >= 15 is 0 Å². The monoisotopic (exact) mass is 286 g/mol. The minimum absolute atomic E-state index is 0.0424. The van der Waals surface area contributed by atoms with Gasteiger partial charge in [-0.2, -0.15) is 0 Å². The Bertz CT molecular complexity index is 346. The Morgan fingerprint density at radius 3 is 2.30 bits per heavy atom. The van der Waals surface area contributed by atoms with Crippen LogP contribution < -0.4 is 0 Å². The third kappa shape index (κ3) is 5.09. The number of carbonyl (C=O) groups excluding carboxylic acids is 1. The fourth-order valence-electron chi connectivity index (χ4n) is 2.06. The third-order valence-corrected chi connectivity index (χ3v) is 3.55. The van der Waals surface area contributed by atoms with E-state index in [9.17, 15) is 9.59 Å². The van der Waals surface area contributed by atoms with Crippen LogP contribution >= 0.6 is 0 Å². The van der Waals surface area contributed by atoms with E-state index in [1.807, 2.05) is 25.7 Å². The number of aliphatic carboxylic acids is 1. The van der Waals surface area contributed by atoms with Crippen LogP contribution in [-0.4, -0.2) is 71.7 Å². The van der Waals surface area contributed by atoms with Crippen LogP contribution in [0.2, 0.25) is 0 Å². The van der Waals surface area contributed by atoms with Crippen molar-refractivity contribution in [1.29, 1.82) is 0 Å². The van der Waals surface area contributed by atoms with Gasteiger partial charge in [0.05, 0.1) is 25.7 Å². The Balaban J connectivity index is 2.64. The number of hydrogen-bond acceptors (Lipinski definition) is 4. The van der Waals surface area contributed by atoms with Crippen LogP contribution in [0.25, 0.3) is 0 Å². The second-order valence-electron chi connectivity index (χ2n) is 6.28. The summed E-state index contributed by atoms with van der Waals surface area (Å²) in [6, 6.07) is 0. The van der Waals surface area contributed by atoms with Crippen molar-refractivity contribution < 1.29 is 19.4 Å². The third-order valence-electron chi connectivity index (χ3n) is 3.55. The van der Waals surface area contributed by atoms with Crippen LogP contribution in [0.4, 0.5) is 0 Å². The standard InChI is InChI=1S/C14H26N2O4/c1-11(13(18)19)9-16(14(2,3)4)10-12(17)15-5-7-20-8-6-15/h11H,5-10H2,1-4H3,(H,18,19). The molecule has 0 spiro atoms. The second-order valence-corrected chi connectivity index (χ2v) is 6.28. The highest BCUT2D eigenvalue weighted by Gasteiger charge is 2.29. The van der Waals surface area contributed by atoms with Gasteiger partial charge >= 0.3 is 5.97 Å². The summed E-state index contributed by atoms with van der Waals surface area (Å²) in [5, 5.41) is 9.04. The molecule has 1 rings (SSSR count). The van der Waals surface area contributed by atoms with E-state index in [0.29, 0.717) is 32.8 Å². The topological polar surface area (TPSA) is 70.1 Å². The first kappa shape index (κ1) is 16.9. The summed E-state index contributed by atoms with van der Waals surface area (Å²) < 4.78 is 5.23. The first-order chi connectivity index (χ1) is 9.21. The molecule has 1 saturated heterocycles. The van der Waals surface area contributed by atoms with E-state index in [1.54, 1.807) is 11.8 Å². The number of morpholine rings is 1. The number of amides is 1. The molecule has 0 saturated carbocycles. The van der Waals surface area contributed by atoms with Crippen molar-refractivity contribution in [3.05, 3.63) is 0 Å². The molecule has 1 aliphatic rings. The average molecular weight is 286 g/mol. The van der Waals surface area contributed by atoms with E-state index in [4.69, 9.17) is 9.84 Å². The van der Waals surface area contributed by atoms with Crippen molar-refractivity contribution >= 4 is 11.9 Å². The number of carboxylic acid groups (broad SMARTS) is 1. The van der Waals surface area contributed by atoms with Crippen LogP contribution in [0.1, 0.15) is 27.7 Å². The number of carboxylic acids is 1. The van der Waals surface area contributed by atoms with Gasteiger partial charge in [-0.1, -0.05) is 6.92 Å². The van der Waals surface area contributed by atoms with Gasteiger partial charge in [-0.05, 0) is 20.8 Å². The molecule has 0 aromatic carbocycles. The van der Waals surface area contributed by atoms with Crippen molar-refractivity contribution in [2.24, 2.45) is 5.92 Å². The predicted molar refractivity (Wildman–Crippen MR) is 75.5 cm³/mol. The fraction of sp³-hybridized carbons (Fsp3) is 0.857. The molecule has 0 aromatic rings. The summed E-state index contributed by atoms with van der Waals surface area (Å²) in [7, 11) is 0. The highest BCUT2D eigenvalue weighted by atomic mass is 16.5. The molecule has 0 radical (unpaired) electrons. The quantitative estimate of drug-likeness (QED) is 0.804. The Morgan fingerprint density at radius 1 is 1.30 bits per heavy atom. The molecular weight excluding hydrogens is 260 g/mol. The van der Waals surface area contributed by atoms with Crippen molar-refractivity contribution in [3.63, 3.8) is 0 Å². The molecule has 1 atom stereocenters. The normalized spacial score (nSPS) is 18.1. The zero-order chi connectivity index (χ0) is 15.3. The maximum Gasteiger partial charge on any atom is 0.307 e. The van der Waals surface area contributed by atoms with Crippen LogP contribution in [0, 0.1) is 5.92 Å². The molecule has 0 aromatic heterocycles. The first-order valence-electron chi connectivity index (χ1n) is 7.05. The largest absolute Gasteiger partial charge is 0.481 e. The summed E-state index contributed by atoms with van der Waals surface area (Å²) >= 11 is 0. The molecule has 1 heterocycles. The van der Waals surface area contributed by atoms with E-state index in [0.717, 1.165) is 0 Å². The molecule has 116 valence electrons. The molecule has 6 nitrogen and oxygen atoms in total. The average Bonchev–Trinajstić information content (AvgIpc) is 2.37. The van der Waals surface area contributed by atoms with Gasteiger partial charge in [-0.15, -0.1) is 0 Å². The van der Waals surface area contributed by atoms with Gasteiger partial charge < -0.3 is 14.7 Å². The van der Waals surface area contributed by atoms with Gasteiger partial charge in [0.1, 0.15) is 0 Å². The lowest BCUT2D eigenvalue weighted by atomic mass is 10.0. The SMILES string of the molecule is CC(CN(CC(=O)N1CCOCC1)C(C)(C)C)C(=O)O. The molecule has 0 aliphatic carbocycles. The highest BCUT2D eigenvalue weighted by molar-refractivity contribution is 5.78. The summed E-state index contributed by atoms with van der Waals surface area (Å²) in [4.78, 5) is 27.0. The van der Waals surface area contributed by atoms with E-state index in [2.05, 4.69) is 0 Å². The number of rotatable bonds is 5. The maximum atomic E-state index is 12.3. The van der Waals surface area contributed by atoms with Crippen LogP contribution in [0.3, 0.4) is 0 Å². The van der Waals surface area contributed by atoms with Gasteiger partial charge in [0.2, 0.25) is 5.91 Å². The van der Waals surface area contributed by atoms with Gasteiger partial charge in [0.25, 0.3) is 0 Å². The molecule has 20 heavy (non-hydrogen) atoms. The molecule has 0 bridgehead atoms. The summed E-state index contributed by atoms with van der Waals surface area (Å²) in [6.07, 6.45) is 0. The Kier molecular flexibility index (Phi) is 5.95. The van der Waals surface area contributed by atoms with Gasteiger partial charge in [-0.3, -0.25) is 14.5 Å². The van der Waals surface area contributed by atoms with Gasteiger partial charge in [0.15, 0.2) is 0 Å². The molecule has 1 amide bonds. The second kappa shape index (κ2) is 7.04. The van der Waals surface area contributed by atoms with E-state index < -0.39 is 11.9 Å². The first-order valence-corrected chi connectivity index (χ1v) is 7.05. The molecule has 1 aliphatic heterocycles. The van der Waals surface area contributed by atoms with Crippen molar-refractivity contribution in [2.45, 2.75) is 33.2 Å². The number of carbonyl (C=O) groups is 2. The van der Waals surface area contributed by atoms with Gasteiger partial charge in [0, 0.05) is 25.2 Å². The summed E-state index contributed by atoms with van der Waals surface area (Å²) in [6.45, 7) is 10.7. The Hall–Kier alpha value is -1.14. The zero-order valence-electron chi connectivity index (χ0n) is 12.9. The minimum atomic E-state index is -0.835. The Morgan fingerprint density at radius 2 is 1.85 bits per heavy atom. The lowest BCUT2D eigenvalue weighted by molar-refractivity contribution is -0.144. The number of ether oxygens (including phenoxy) is 1. The predicted octanol–water partition coefficient (Wildman–Crippen LogP) is 0.666. The fourth-order valence-corrected chi connectivity index (χ4v) is 2.06. The van der Waals surface area contributed by atoms with Crippen LogP contribution in [-0.2, 0) is 14.3 Å². The number of nitrogens with zero attached hydrogens (tertiary/aromatic N) is 2. The smallest absolute Gasteiger partial charge is 0.307 e. The zero-order valence-corrected chi connectivity index (χ0v) is 12.9. The summed E-state index contributed by atoms with van der Waals surface area (Å²) in [5.74, 6) is -1.29. The molecule has 1 N–H and O–H groups in total. The molecule has 1 unspecified atom stereocenters. The van der Waals surface area contributed by atoms with Crippen molar-refractivity contribution in [2.75, 3.05) is 39.4 Å². The van der Waals surface area contributed by atoms with Crippen LogP contribution in [0.15, 0.2) is 0 Å². The summed E-state index contributed by atoms with van der Waals surface area (Å²) in [5.41, 5.74) is -0.244. The van der Waals surface area contributed by atoms with Crippen LogP contribution in [0.5, 0.6) is 0 Å². The van der Waals surface area contributed by atoms with Crippen molar-refractivity contribution in [3.8, 4) is 0 Å². The maximum absolute atomic E-state index is 12.3. The Labute approximate surface area is 120 Å². The van der Waals surface area contributed by atoms with E-state index in [1.165, 1.54) is 0 Å². The lowest BCUT2D eigenvalue weighted by Crippen LogP contribution is -2.52. The van der Waals surface area contributed by atoms with Crippen molar-refractivity contribution in [1.82, 2.24) is 9.80 Å². The lowest BCUT2D eigenvalue weighted by Gasteiger charge is -2.38. The molecular formula is C14H26N2O4. The highest BCUT2D eigenvalue weighted by Crippen LogP contribution is 2.16.